The molecular weight excluding hydrogens is 254 g/mol. The molecule has 0 fully saturated rings. The van der Waals surface area contributed by atoms with Gasteiger partial charge in [0.15, 0.2) is 0 Å². The molecule has 0 aromatic carbocycles. The Bertz CT molecular complexity index is 417. The van der Waals surface area contributed by atoms with Crippen molar-refractivity contribution in [2.45, 2.75) is 46.0 Å². The molecule has 114 valence electrons. The fraction of sp³-hybridized carbons (Fsp3) is 0.714. The number of hydrogen-bond acceptors (Lipinski definition) is 6. The summed E-state index contributed by atoms with van der Waals surface area (Å²) in [6.45, 7) is 9.30. The highest BCUT2D eigenvalue weighted by molar-refractivity contribution is 5.47. The summed E-state index contributed by atoms with van der Waals surface area (Å²) >= 11 is 0. The minimum Gasteiger partial charge on any atom is -0.396 e. The summed E-state index contributed by atoms with van der Waals surface area (Å²) in [7, 11) is 0. The van der Waals surface area contributed by atoms with E-state index in [1.165, 1.54) is 0 Å². The zero-order chi connectivity index (χ0) is 15.2. The summed E-state index contributed by atoms with van der Waals surface area (Å²) in [5.74, 6) is 7.99. The topological polar surface area (TPSA) is 96.1 Å². The maximum atomic E-state index is 9.02. The van der Waals surface area contributed by atoms with Crippen molar-refractivity contribution >= 4 is 11.6 Å². The number of nitrogens with zero attached hydrogens (tertiary/aromatic N) is 2. The van der Waals surface area contributed by atoms with Gasteiger partial charge >= 0.3 is 0 Å². The van der Waals surface area contributed by atoms with Crippen LogP contribution in [0.15, 0.2) is 6.07 Å². The number of hydrogen-bond donors (Lipinski definition) is 4. The monoisotopic (exact) mass is 281 g/mol. The van der Waals surface area contributed by atoms with E-state index in [1.807, 2.05) is 0 Å². The maximum Gasteiger partial charge on any atom is 0.145 e. The molecule has 0 saturated carbocycles. The second kappa shape index (κ2) is 7.40. The third-order valence-electron chi connectivity index (χ3n) is 3.23. The number of aromatic nitrogens is 2. The summed E-state index contributed by atoms with van der Waals surface area (Å²) in [6.07, 6.45) is 1.81. The summed E-state index contributed by atoms with van der Waals surface area (Å²) in [5, 5.41) is 12.3. The van der Waals surface area contributed by atoms with Crippen LogP contribution < -0.4 is 16.6 Å². The average molecular weight is 281 g/mol. The molecule has 0 radical (unpaired) electrons. The van der Waals surface area contributed by atoms with E-state index in [0.29, 0.717) is 11.7 Å². The summed E-state index contributed by atoms with van der Waals surface area (Å²) in [6, 6.07) is 1.79. The SMILES string of the molecule is CCC(CCO)CNc1cc(NN)nc(C(C)(C)C)n1. The predicted molar refractivity (Wildman–Crippen MR) is 82.5 cm³/mol. The summed E-state index contributed by atoms with van der Waals surface area (Å²) < 4.78 is 0. The van der Waals surface area contributed by atoms with E-state index in [0.717, 1.165) is 31.0 Å². The van der Waals surface area contributed by atoms with Crippen LogP contribution in [0.25, 0.3) is 0 Å². The van der Waals surface area contributed by atoms with Crippen molar-refractivity contribution in [3.05, 3.63) is 11.9 Å². The smallest absolute Gasteiger partial charge is 0.145 e. The van der Waals surface area contributed by atoms with Gasteiger partial charge in [0.25, 0.3) is 0 Å². The Hall–Kier alpha value is -1.40. The lowest BCUT2D eigenvalue weighted by atomic mass is 9.96. The van der Waals surface area contributed by atoms with E-state index in [9.17, 15) is 0 Å². The van der Waals surface area contributed by atoms with Gasteiger partial charge in [-0.25, -0.2) is 15.8 Å². The van der Waals surface area contributed by atoms with E-state index in [1.54, 1.807) is 6.07 Å². The first-order valence-electron chi connectivity index (χ1n) is 7.11. The molecule has 20 heavy (non-hydrogen) atoms. The summed E-state index contributed by atoms with van der Waals surface area (Å²) in [4.78, 5) is 8.92. The molecule has 0 saturated heterocycles. The van der Waals surface area contributed by atoms with Crippen molar-refractivity contribution in [3.63, 3.8) is 0 Å². The fourth-order valence-electron chi connectivity index (χ4n) is 1.83. The number of nitrogens with two attached hydrogens (primary N) is 1. The van der Waals surface area contributed by atoms with Gasteiger partial charge in [0.05, 0.1) is 0 Å². The van der Waals surface area contributed by atoms with Crippen molar-refractivity contribution < 1.29 is 5.11 Å². The molecule has 0 amide bonds. The van der Waals surface area contributed by atoms with E-state index in [4.69, 9.17) is 10.9 Å². The van der Waals surface area contributed by atoms with Crippen molar-refractivity contribution in [2.75, 3.05) is 23.9 Å². The Balaban J connectivity index is 2.84. The second-order valence-electron chi connectivity index (χ2n) is 6.02. The Morgan fingerprint density at radius 2 is 1.95 bits per heavy atom. The van der Waals surface area contributed by atoms with Crippen LogP contribution in [0.5, 0.6) is 0 Å². The summed E-state index contributed by atoms with van der Waals surface area (Å²) in [5.41, 5.74) is 2.44. The molecule has 0 bridgehead atoms. The normalized spacial score (nSPS) is 13.1. The van der Waals surface area contributed by atoms with Crippen LogP contribution in [-0.2, 0) is 5.41 Å². The molecule has 0 aliphatic heterocycles. The van der Waals surface area contributed by atoms with Crippen LogP contribution in [0.1, 0.15) is 46.4 Å². The number of hydrazine groups is 1. The van der Waals surface area contributed by atoms with E-state index in [2.05, 4.69) is 48.4 Å². The number of anilines is 2. The lowest BCUT2D eigenvalue weighted by molar-refractivity contribution is 0.258. The van der Waals surface area contributed by atoms with Gasteiger partial charge in [-0.15, -0.1) is 0 Å². The van der Waals surface area contributed by atoms with Gasteiger partial charge in [0, 0.05) is 24.6 Å². The van der Waals surface area contributed by atoms with Gasteiger partial charge < -0.3 is 15.8 Å². The molecule has 0 aliphatic rings. The highest BCUT2D eigenvalue weighted by Crippen LogP contribution is 2.22. The standard InChI is InChI=1S/C14H27N5O/c1-5-10(6-7-20)9-16-11-8-12(19-15)18-13(17-11)14(2,3)4/h8,10,20H,5-7,9,15H2,1-4H3,(H2,16,17,18,19). The lowest BCUT2D eigenvalue weighted by Crippen LogP contribution is -2.21. The number of aliphatic hydroxyl groups excluding tert-OH is 1. The third kappa shape index (κ3) is 4.94. The van der Waals surface area contributed by atoms with Crippen LogP contribution in [0.4, 0.5) is 11.6 Å². The number of rotatable bonds is 7. The first-order valence-corrected chi connectivity index (χ1v) is 7.11. The van der Waals surface area contributed by atoms with Crippen LogP contribution in [0.3, 0.4) is 0 Å². The molecule has 1 rings (SSSR count). The van der Waals surface area contributed by atoms with Crippen LogP contribution >= 0.6 is 0 Å². The molecule has 1 heterocycles. The van der Waals surface area contributed by atoms with Crippen molar-refractivity contribution in [1.29, 1.82) is 0 Å². The molecular formula is C14H27N5O. The second-order valence-corrected chi connectivity index (χ2v) is 6.02. The Morgan fingerprint density at radius 3 is 2.45 bits per heavy atom. The van der Waals surface area contributed by atoms with Crippen LogP contribution in [0, 0.1) is 5.92 Å². The number of aliphatic hydroxyl groups is 1. The zero-order valence-corrected chi connectivity index (χ0v) is 12.9. The Kier molecular flexibility index (Phi) is 6.16. The molecule has 1 unspecified atom stereocenters. The first kappa shape index (κ1) is 16.7. The van der Waals surface area contributed by atoms with E-state index in [-0.39, 0.29) is 12.0 Å². The van der Waals surface area contributed by atoms with Crippen LogP contribution in [0.2, 0.25) is 0 Å². The van der Waals surface area contributed by atoms with Gasteiger partial charge in [-0.2, -0.15) is 0 Å². The largest absolute Gasteiger partial charge is 0.396 e. The predicted octanol–water partition coefficient (Wildman–Crippen LogP) is 1.88. The highest BCUT2D eigenvalue weighted by Gasteiger charge is 2.19. The van der Waals surface area contributed by atoms with Gasteiger partial charge in [-0.05, 0) is 12.3 Å². The Morgan fingerprint density at radius 1 is 1.30 bits per heavy atom. The highest BCUT2D eigenvalue weighted by atomic mass is 16.3. The zero-order valence-electron chi connectivity index (χ0n) is 12.9. The molecule has 1 atom stereocenters. The van der Waals surface area contributed by atoms with Crippen molar-refractivity contribution in [3.8, 4) is 0 Å². The molecule has 5 N–H and O–H groups in total. The quantitative estimate of drug-likeness (QED) is 0.450. The lowest BCUT2D eigenvalue weighted by Gasteiger charge is -2.20. The van der Waals surface area contributed by atoms with E-state index >= 15 is 0 Å². The number of nitrogens with one attached hydrogen (secondary N) is 2. The van der Waals surface area contributed by atoms with E-state index < -0.39 is 0 Å². The Labute approximate surface area is 121 Å². The van der Waals surface area contributed by atoms with Gasteiger partial charge in [0.1, 0.15) is 17.5 Å². The minimum absolute atomic E-state index is 0.140. The average Bonchev–Trinajstić information content (AvgIpc) is 2.42. The van der Waals surface area contributed by atoms with Gasteiger partial charge in [0.2, 0.25) is 0 Å². The molecule has 0 spiro atoms. The maximum absolute atomic E-state index is 9.02. The molecule has 0 aliphatic carbocycles. The van der Waals surface area contributed by atoms with Gasteiger partial charge in [-0.3, -0.25) is 0 Å². The third-order valence-corrected chi connectivity index (χ3v) is 3.23. The minimum atomic E-state index is -0.140. The van der Waals surface area contributed by atoms with Crippen LogP contribution in [-0.4, -0.2) is 28.2 Å². The number of nitrogen functional groups attached to an aromatic ring is 1. The molecule has 6 heteroatoms. The molecule has 1 aromatic heterocycles. The fourth-order valence-corrected chi connectivity index (χ4v) is 1.83. The van der Waals surface area contributed by atoms with Gasteiger partial charge in [-0.1, -0.05) is 34.1 Å². The van der Waals surface area contributed by atoms with Crippen molar-refractivity contribution in [2.24, 2.45) is 11.8 Å². The molecule has 1 aromatic rings. The van der Waals surface area contributed by atoms with Crippen molar-refractivity contribution in [1.82, 2.24) is 9.97 Å². The molecule has 6 nitrogen and oxygen atoms in total. The first-order chi connectivity index (χ1) is 9.40.